The maximum Gasteiger partial charge on any atom is 0.227 e. The van der Waals surface area contributed by atoms with E-state index in [9.17, 15) is 5.21 Å². The van der Waals surface area contributed by atoms with Crippen molar-refractivity contribution in [2.45, 2.75) is 0 Å². The summed E-state index contributed by atoms with van der Waals surface area (Å²) < 4.78 is 0. The molecule has 6 nitrogen and oxygen atoms in total. The molecule has 0 atom stereocenters. The Bertz CT molecular complexity index is 1200. The molecule has 1 aromatic heterocycles. The summed E-state index contributed by atoms with van der Waals surface area (Å²) in [7, 11) is 0. The Kier molecular flexibility index (Phi) is 4.64. The van der Waals surface area contributed by atoms with Gasteiger partial charge in [-0.1, -0.05) is 47.6 Å². The highest BCUT2D eigenvalue weighted by Crippen LogP contribution is 2.22. The summed E-state index contributed by atoms with van der Waals surface area (Å²) in [5.74, 6) is 0.364. The summed E-state index contributed by atoms with van der Waals surface area (Å²) in [4.78, 5) is 8.71. The summed E-state index contributed by atoms with van der Waals surface area (Å²) in [6, 6.07) is 24.5. The molecule has 0 saturated carbocycles. The van der Waals surface area contributed by atoms with Crippen molar-refractivity contribution in [3.8, 4) is 6.07 Å². The third-order valence-electron chi connectivity index (χ3n) is 4.31. The lowest BCUT2D eigenvalue weighted by Crippen LogP contribution is -2.09. The monoisotopic (exact) mass is 365 g/mol. The molecule has 6 heteroatoms. The van der Waals surface area contributed by atoms with Gasteiger partial charge in [0.2, 0.25) is 5.95 Å². The lowest BCUT2D eigenvalue weighted by Gasteiger charge is -2.10. The van der Waals surface area contributed by atoms with Gasteiger partial charge in [0.05, 0.1) is 17.3 Å². The maximum absolute atomic E-state index is 9.71. The predicted molar refractivity (Wildman–Crippen MR) is 108 cm³/mol. The molecule has 1 heterocycles. The van der Waals surface area contributed by atoms with Crippen LogP contribution in [0.15, 0.2) is 84.1 Å². The van der Waals surface area contributed by atoms with Crippen LogP contribution >= 0.6 is 0 Å². The van der Waals surface area contributed by atoms with Gasteiger partial charge in [0.25, 0.3) is 0 Å². The number of oxime groups is 1. The standard InChI is InChI=1S/C22H15N5O/c23-14-15-8-10-17(11-9-15)25-22-24-13-12-20(26-22)21(27-28)19-7-3-5-16-4-1-2-6-18(16)19/h1-13,28H,(H,24,25,26)/b27-21+. The van der Waals surface area contributed by atoms with E-state index in [4.69, 9.17) is 5.26 Å². The third kappa shape index (κ3) is 3.37. The first-order valence-corrected chi connectivity index (χ1v) is 8.59. The van der Waals surface area contributed by atoms with Crippen molar-refractivity contribution in [3.05, 3.63) is 95.8 Å². The van der Waals surface area contributed by atoms with E-state index < -0.39 is 0 Å². The molecule has 4 rings (SSSR count). The predicted octanol–water partition coefficient (Wildman–Crippen LogP) is 4.47. The normalized spacial score (nSPS) is 11.2. The van der Waals surface area contributed by atoms with E-state index in [-0.39, 0.29) is 0 Å². The minimum atomic E-state index is 0.363. The molecular formula is C22H15N5O. The Labute approximate surface area is 161 Å². The SMILES string of the molecule is N#Cc1ccc(Nc2nccc(/C(=N/O)c3cccc4ccccc34)n2)cc1. The van der Waals surface area contributed by atoms with Gasteiger partial charge in [0, 0.05) is 17.4 Å². The van der Waals surface area contributed by atoms with Gasteiger partial charge in [0.1, 0.15) is 5.71 Å². The molecule has 0 bridgehead atoms. The first kappa shape index (κ1) is 17.2. The fraction of sp³-hybridized carbons (Fsp3) is 0. The number of nitrogens with zero attached hydrogens (tertiary/aromatic N) is 4. The van der Waals surface area contributed by atoms with Crippen LogP contribution in [0.25, 0.3) is 10.8 Å². The fourth-order valence-electron chi connectivity index (χ4n) is 2.98. The summed E-state index contributed by atoms with van der Waals surface area (Å²) in [5, 5.41) is 27.2. The minimum absolute atomic E-state index is 0.363. The quantitative estimate of drug-likeness (QED) is 0.316. The number of fused-ring (bicyclic) bond motifs is 1. The van der Waals surface area contributed by atoms with Gasteiger partial charge < -0.3 is 10.5 Å². The molecular weight excluding hydrogens is 350 g/mol. The molecule has 0 aliphatic heterocycles. The molecule has 3 aromatic carbocycles. The second-order valence-electron chi connectivity index (χ2n) is 6.05. The Hall–Kier alpha value is -4.24. The van der Waals surface area contributed by atoms with Crippen LogP contribution in [0.3, 0.4) is 0 Å². The van der Waals surface area contributed by atoms with Crippen LogP contribution in [0.5, 0.6) is 0 Å². The number of rotatable bonds is 4. The molecule has 0 unspecified atom stereocenters. The molecule has 134 valence electrons. The Morgan fingerprint density at radius 2 is 1.75 bits per heavy atom. The van der Waals surface area contributed by atoms with Crippen LogP contribution in [0.4, 0.5) is 11.6 Å². The largest absolute Gasteiger partial charge is 0.410 e. The summed E-state index contributed by atoms with van der Waals surface area (Å²) in [6.07, 6.45) is 1.60. The van der Waals surface area contributed by atoms with Crippen molar-refractivity contribution in [3.63, 3.8) is 0 Å². The zero-order valence-electron chi connectivity index (χ0n) is 14.7. The highest BCUT2D eigenvalue weighted by molar-refractivity contribution is 6.18. The van der Waals surface area contributed by atoms with Gasteiger partial charge in [0.15, 0.2) is 0 Å². The first-order chi connectivity index (χ1) is 13.8. The van der Waals surface area contributed by atoms with Gasteiger partial charge in [-0.3, -0.25) is 0 Å². The second kappa shape index (κ2) is 7.56. The number of hydrogen-bond donors (Lipinski definition) is 2. The highest BCUT2D eigenvalue weighted by Gasteiger charge is 2.14. The van der Waals surface area contributed by atoms with Crippen LogP contribution in [0.2, 0.25) is 0 Å². The molecule has 0 spiro atoms. The number of nitriles is 1. The lowest BCUT2D eigenvalue weighted by atomic mass is 9.99. The van der Waals surface area contributed by atoms with E-state index in [0.717, 1.165) is 22.0 Å². The molecule has 0 fully saturated rings. The fourth-order valence-corrected chi connectivity index (χ4v) is 2.98. The van der Waals surface area contributed by atoms with E-state index in [0.29, 0.717) is 22.9 Å². The van der Waals surface area contributed by atoms with Crippen LogP contribution in [0, 0.1) is 11.3 Å². The van der Waals surface area contributed by atoms with Gasteiger partial charge in [-0.05, 0) is 41.1 Å². The van der Waals surface area contributed by atoms with Crippen molar-refractivity contribution < 1.29 is 5.21 Å². The Morgan fingerprint density at radius 1 is 0.964 bits per heavy atom. The van der Waals surface area contributed by atoms with Crippen LogP contribution < -0.4 is 5.32 Å². The molecule has 28 heavy (non-hydrogen) atoms. The molecule has 0 aliphatic carbocycles. The number of aromatic nitrogens is 2. The molecule has 4 aromatic rings. The number of nitrogens with one attached hydrogen (secondary N) is 1. The zero-order valence-corrected chi connectivity index (χ0v) is 14.7. The second-order valence-corrected chi connectivity index (χ2v) is 6.05. The van der Waals surface area contributed by atoms with Gasteiger partial charge in [-0.25, -0.2) is 9.97 Å². The van der Waals surface area contributed by atoms with Crippen molar-refractivity contribution in [2.24, 2.45) is 5.16 Å². The van der Waals surface area contributed by atoms with Crippen LogP contribution in [0.1, 0.15) is 16.8 Å². The Morgan fingerprint density at radius 3 is 2.54 bits per heavy atom. The van der Waals surface area contributed by atoms with Crippen molar-refractivity contribution in [1.29, 1.82) is 5.26 Å². The van der Waals surface area contributed by atoms with E-state index in [1.54, 1.807) is 36.5 Å². The van der Waals surface area contributed by atoms with Crippen molar-refractivity contribution >= 4 is 28.1 Å². The molecule has 0 amide bonds. The topological polar surface area (TPSA) is 94.2 Å². The van der Waals surface area contributed by atoms with Crippen molar-refractivity contribution in [1.82, 2.24) is 9.97 Å². The smallest absolute Gasteiger partial charge is 0.227 e. The van der Waals surface area contributed by atoms with E-state index in [1.165, 1.54) is 0 Å². The molecule has 2 N–H and O–H groups in total. The van der Waals surface area contributed by atoms with E-state index in [2.05, 4.69) is 26.5 Å². The Balaban J connectivity index is 1.70. The van der Waals surface area contributed by atoms with E-state index in [1.807, 2.05) is 42.5 Å². The molecule has 0 aliphatic rings. The van der Waals surface area contributed by atoms with Gasteiger partial charge in [-0.2, -0.15) is 5.26 Å². The first-order valence-electron chi connectivity index (χ1n) is 8.59. The average Bonchev–Trinajstić information content (AvgIpc) is 2.75. The average molecular weight is 365 g/mol. The van der Waals surface area contributed by atoms with Crippen molar-refractivity contribution in [2.75, 3.05) is 5.32 Å². The summed E-state index contributed by atoms with van der Waals surface area (Å²) in [6.45, 7) is 0. The minimum Gasteiger partial charge on any atom is -0.410 e. The third-order valence-corrected chi connectivity index (χ3v) is 4.31. The van der Waals surface area contributed by atoms with Crippen LogP contribution in [-0.2, 0) is 0 Å². The summed E-state index contributed by atoms with van der Waals surface area (Å²) >= 11 is 0. The lowest BCUT2D eigenvalue weighted by molar-refractivity contribution is 0.319. The zero-order chi connectivity index (χ0) is 19.3. The number of benzene rings is 3. The number of anilines is 2. The summed E-state index contributed by atoms with van der Waals surface area (Å²) in [5.41, 5.74) is 2.96. The van der Waals surface area contributed by atoms with E-state index >= 15 is 0 Å². The maximum atomic E-state index is 9.71. The number of hydrogen-bond acceptors (Lipinski definition) is 6. The van der Waals surface area contributed by atoms with Crippen LogP contribution in [-0.4, -0.2) is 20.9 Å². The molecule has 0 saturated heterocycles. The highest BCUT2D eigenvalue weighted by atomic mass is 16.4. The van der Waals surface area contributed by atoms with Gasteiger partial charge in [-0.15, -0.1) is 0 Å². The van der Waals surface area contributed by atoms with Gasteiger partial charge >= 0.3 is 0 Å². The molecule has 0 radical (unpaired) electrons.